The Balaban J connectivity index is 4.83. The van der Waals surface area contributed by atoms with Gasteiger partial charge < -0.3 is 14.8 Å². The van der Waals surface area contributed by atoms with Crippen molar-refractivity contribution in [2.45, 2.75) is 60.1 Å². The molecule has 0 spiro atoms. The van der Waals surface area contributed by atoms with Gasteiger partial charge in [-0.3, -0.25) is 20.4 Å². The molecule has 138 valence electrons. The summed E-state index contributed by atoms with van der Waals surface area (Å²) in [6.07, 6.45) is -0.769. The molecule has 3 amide bonds. The predicted octanol–water partition coefficient (Wildman–Crippen LogP) is 0.636. The predicted molar refractivity (Wildman–Crippen MR) is 85.5 cm³/mol. The highest BCUT2D eigenvalue weighted by Crippen LogP contribution is 2.20. The summed E-state index contributed by atoms with van der Waals surface area (Å²) in [5.74, 6) is -2.94. The maximum absolute atomic E-state index is 12.2. The Kier molecular flexibility index (Phi) is 7.69. The number of rotatable bonds is 3. The van der Waals surface area contributed by atoms with Crippen molar-refractivity contribution in [3.05, 3.63) is 0 Å². The van der Waals surface area contributed by atoms with Gasteiger partial charge in [-0.15, -0.1) is 0 Å². The molecule has 9 heteroatoms. The van der Waals surface area contributed by atoms with Gasteiger partial charge in [0.15, 0.2) is 0 Å². The molecule has 1 unspecified atom stereocenters. The highest BCUT2D eigenvalue weighted by atomic mass is 16.6. The van der Waals surface area contributed by atoms with Crippen LogP contribution in [0.15, 0.2) is 0 Å². The van der Waals surface area contributed by atoms with Gasteiger partial charge in [-0.1, -0.05) is 20.8 Å². The van der Waals surface area contributed by atoms with Crippen LogP contribution in [0, 0.1) is 5.41 Å². The number of alkyl carbamates (subject to hydrolysis) is 1. The van der Waals surface area contributed by atoms with E-state index in [2.05, 4.69) is 15.5 Å². The highest BCUT2D eigenvalue weighted by molar-refractivity contribution is 6.32. The molecule has 0 radical (unpaired) electrons. The molecule has 0 aromatic rings. The smallest absolute Gasteiger partial charge is 0.408 e. The van der Waals surface area contributed by atoms with Gasteiger partial charge in [0.25, 0.3) is 5.91 Å². The second-order valence-electron chi connectivity index (χ2n) is 7.11. The van der Waals surface area contributed by atoms with E-state index in [9.17, 15) is 19.2 Å². The fourth-order valence-electron chi connectivity index (χ4n) is 1.54. The minimum Gasteiger partial charge on any atom is -0.459 e. The topological polar surface area (TPSA) is 123 Å². The second kappa shape index (κ2) is 8.51. The summed E-state index contributed by atoms with van der Waals surface area (Å²) in [7, 11) is 0. The summed E-state index contributed by atoms with van der Waals surface area (Å²) >= 11 is 0. The average molecular weight is 345 g/mol. The zero-order valence-corrected chi connectivity index (χ0v) is 15.2. The Labute approximate surface area is 141 Å². The van der Waals surface area contributed by atoms with E-state index in [1.165, 1.54) is 0 Å². The fraction of sp³-hybridized carbons (Fsp3) is 0.733. The van der Waals surface area contributed by atoms with E-state index in [0.29, 0.717) is 0 Å². The normalized spacial score (nSPS) is 12.6. The lowest BCUT2D eigenvalue weighted by molar-refractivity contribution is -0.155. The standard InChI is InChI=1S/C15H27N3O6/c1-8-23-12(21)11(20)18-17-10(19)9(14(2,3)4)16-13(22)24-15(5,6)7/h9H,8H2,1-7H3,(H,16,22)(H,17,19)(H,18,20). The lowest BCUT2D eigenvalue weighted by atomic mass is 9.86. The van der Waals surface area contributed by atoms with Crippen molar-refractivity contribution in [2.24, 2.45) is 5.41 Å². The Morgan fingerprint density at radius 1 is 0.958 bits per heavy atom. The number of carbonyl (C=O) groups excluding carboxylic acids is 4. The Morgan fingerprint density at radius 3 is 1.92 bits per heavy atom. The number of amides is 3. The Bertz CT molecular complexity index is 490. The number of ether oxygens (including phenoxy) is 2. The first kappa shape index (κ1) is 21.7. The van der Waals surface area contributed by atoms with Crippen LogP contribution < -0.4 is 16.2 Å². The molecule has 0 rings (SSSR count). The number of esters is 1. The van der Waals surface area contributed by atoms with E-state index >= 15 is 0 Å². The molecule has 0 saturated heterocycles. The van der Waals surface area contributed by atoms with Crippen LogP contribution in [-0.4, -0.2) is 42.1 Å². The van der Waals surface area contributed by atoms with Gasteiger partial charge >= 0.3 is 18.0 Å². The largest absolute Gasteiger partial charge is 0.459 e. The molecule has 0 aliphatic carbocycles. The molecule has 0 aliphatic rings. The second-order valence-corrected chi connectivity index (χ2v) is 7.11. The van der Waals surface area contributed by atoms with Crippen LogP contribution in [0.2, 0.25) is 0 Å². The van der Waals surface area contributed by atoms with Crippen LogP contribution in [0.25, 0.3) is 0 Å². The summed E-state index contributed by atoms with van der Waals surface area (Å²) in [5.41, 5.74) is 2.63. The minimum absolute atomic E-state index is 0.0328. The number of hydrazine groups is 1. The van der Waals surface area contributed by atoms with E-state index < -0.39 is 40.9 Å². The molecule has 1 atom stereocenters. The molecular weight excluding hydrogens is 318 g/mol. The molecule has 0 aliphatic heterocycles. The third-order valence-electron chi connectivity index (χ3n) is 2.55. The van der Waals surface area contributed by atoms with Crippen molar-refractivity contribution in [3.63, 3.8) is 0 Å². The minimum atomic E-state index is -1.12. The molecule has 0 saturated carbocycles. The zero-order valence-electron chi connectivity index (χ0n) is 15.2. The summed E-state index contributed by atoms with van der Waals surface area (Å²) in [6, 6.07) is -1.00. The number of hydrogen-bond acceptors (Lipinski definition) is 6. The van der Waals surface area contributed by atoms with Gasteiger partial charge in [-0.2, -0.15) is 0 Å². The molecule has 24 heavy (non-hydrogen) atoms. The molecule has 0 fully saturated rings. The van der Waals surface area contributed by atoms with Crippen molar-refractivity contribution in [2.75, 3.05) is 6.61 Å². The summed E-state index contributed by atoms with van der Waals surface area (Å²) in [4.78, 5) is 46.7. The van der Waals surface area contributed by atoms with Gasteiger partial charge in [-0.25, -0.2) is 9.59 Å². The van der Waals surface area contributed by atoms with Gasteiger partial charge in [0.1, 0.15) is 11.6 Å². The van der Waals surface area contributed by atoms with Crippen molar-refractivity contribution in [1.29, 1.82) is 0 Å². The molecule has 0 aromatic heterocycles. The van der Waals surface area contributed by atoms with E-state index in [-0.39, 0.29) is 6.61 Å². The lowest BCUT2D eigenvalue weighted by Gasteiger charge is -2.31. The lowest BCUT2D eigenvalue weighted by Crippen LogP contribution is -2.58. The summed E-state index contributed by atoms with van der Waals surface area (Å²) in [5, 5.41) is 2.45. The number of hydrogen-bond donors (Lipinski definition) is 3. The van der Waals surface area contributed by atoms with E-state index in [1.54, 1.807) is 48.5 Å². The zero-order chi connectivity index (χ0) is 19.1. The maximum Gasteiger partial charge on any atom is 0.408 e. The molecule has 0 bridgehead atoms. The molecule has 9 nitrogen and oxygen atoms in total. The number of nitrogens with one attached hydrogen (secondary N) is 3. The van der Waals surface area contributed by atoms with Crippen molar-refractivity contribution < 1.29 is 28.7 Å². The van der Waals surface area contributed by atoms with Gasteiger partial charge in [0.2, 0.25) is 0 Å². The third kappa shape index (κ3) is 8.35. The fourth-order valence-corrected chi connectivity index (χ4v) is 1.54. The molecule has 3 N–H and O–H groups in total. The first-order chi connectivity index (χ1) is 10.8. The van der Waals surface area contributed by atoms with Gasteiger partial charge in [0, 0.05) is 0 Å². The summed E-state index contributed by atoms with van der Waals surface area (Å²) < 4.78 is 9.61. The van der Waals surface area contributed by atoms with Gasteiger partial charge in [0.05, 0.1) is 6.61 Å². The SMILES string of the molecule is CCOC(=O)C(=O)NNC(=O)C(NC(=O)OC(C)(C)C)C(C)(C)C. The Morgan fingerprint density at radius 2 is 1.50 bits per heavy atom. The quantitative estimate of drug-likeness (QED) is 0.392. The van der Waals surface area contributed by atoms with E-state index in [4.69, 9.17) is 4.74 Å². The van der Waals surface area contributed by atoms with Crippen molar-refractivity contribution in [3.8, 4) is 0 Å². The van der Waals surface area contributed by atoms with Crippen LogP contribution >= 0.6 is 0 Å². The molecule has 0 heterocycles. The summed E-state index contributed by atoms with van der Waals surface area (Å²) in [6.45, 7) is 11.8. The molecule has 0 aromatic carbocycles. The Hall–Kier alpha value is -2.32. The van der Waals surface area contributed by atoms with Crippen molar-refractivity contribution in [1.82, 2.24) is 16.2 Å². The van der Waals surface area contributed by atoms with E-state index in [1.807, 2.05) is 5.43 Å². The third-order valence-corrected chi connectivity index (χ3v) is 2.55. The van der Waals surface area contributed by atoms with Crippen molar-refractivity contribution >= 4 is 23.9 Å². The first-order valence-corrected chi connectivity index (χ1v) is 7.54. The monoisotopic (exact) mass is 345 g/mol. The van der Waals surface area contributed by atoms with Crippen LogP contribution in [-0.2, 0) is 23.9 Å². The first-order valence-electron chi connectivity index (χ1n) is 7.54. The van der Waals surface area contributed by atoms with Crippen LogP contribution in [0.5, 0.6) is 0 Å². The molecular formula is C15H27N3O6. The average Bonchev–Trinajstić information content (AvgIpc) is 2.38. The van der Waals surface area contributed by atoms with Gasteiger partial charge in [-0.05, 0) is 33.1 Å². The highest BCUT2D eigenvalue weighted by Gasteiger charge is 2.34. The maximum atomic E-state index is 12.2. The van der Waals surface area contributed by atoms with Crippen LogP contribution in [0.1, 0.15) is 48.5 Å². The van der Waals surface area contributed by atoms with Crippen LogP contribution in [0.4, 0.5) is 4.79 Å². The van der Waals surface area contributed by atoms with E-state index in [0.717, 1.165) is 0 Å². The van der Waals surface area contributed by atoms with Crippen LogP contribution in [0.3, 0.4) is 0 Å². The number of carbonyl (C=O) groups is 4.